The summed E-state index contributed by atoms with van der Waals surface area (Å²) in [6, 6.07) is 11.1. The zero-order chi connectivity index (χ0) is 33.4. The number of aromatic nitrogens is 3. The summed E-state index contributed by atoms with van der Waals surface area (Å²) in [6.45, 7) is 6.25. The number of amides is 2. The number of hydrazine groups is 1. The summed E-state index contributed by atoms with van der Waals surface area (Å²) in [5.74, 6) is 7.07. The SMILES string of the molecule is C=CC(=O)N(CCNCc1cc2c(c(C(F)(F)F)c1)CN(c1ccccc1)C2=O)C/C(N)=C/NN.CC1CC(c2nncn2C)C1. The lowest BCUT2D eigenvalue weighted by molar-refractivity contribution is -0.138. The van der Waals surface area contributed by atoms with Gasteiger partial charge in [-0.1, -0.05) is 31.7 Å². The van der Waals surface area contributed by atoms with Gasteiger partial charge in [-0.05, 0) is 60.2 Å². The van der Waals surface area contributed by atoms with Crippen molar-refractivity contribution in [3.8, 4) is 0 Å². The fourth-order valence-electron chi connectivity index (χ4n) is 5.63. The quantitative estimate of drug-likeness (QED) is 0.108. The van der Waals surface area contributed by atoms with Gasteiger partial charge in [-0.2, -0.15) is 13.2 Å². The Bertz CT molecular complexity index is 1550. The summed E-state index contributed by atoms with van der Waals surface area (Å²) in [5.41, 5.74) is 8.40. The number of alkyl halides is 3. The monoisotopic (exact) mass is 639 g/mol. The van der Waals surface area contributed by atoms with Crippen molar-refractivity contribution in [3.05, 3.63) is 101 Å². The minimum Gasteiger partial charge on any atom is -0.399 e. The van der Waals surface area contributed by atoms with Crippen LogP contribution in [0, 0.1) is 5.92 Å². The molecule has 1 aliphatic heterocycles. The summed E-state index contributed by atoms with van der Waals surface area (Å²) in [5, 5.41) is 11.0. The molecule has 2 aromatic carbocycles. The normalized spacial score (nSPS) is 17.5. The smallest absolute Gasteiger partial charge is 0.399 e. The highest BCUT2D eigenvalue weighted by molar-refractivity contribution is 6.10. The standard InChI is InChI=1S/C24H27F3N6O2.C8H13N3/c1-2-22(34)32(14-17(28)13-31-29)9-8-30-12-16-10-19-20(21(11-16)24(25,26)27)15-33(23(19)35)18-6-4-3-5-7-18;1-6-3-7(4-6)8-10-9-5-11(8)2/h2-7,10-11,13,30-31H,1,8-9,12,14-15,28-29H2;5-7H,3-4H2,1-2H3/b17-13-;. The minimum atomic E-state index is -4.61. The van der Waals surface area contributed by atoms with Crippen LogP contribution in [0.3, 0.4) is 0 Å². The molecule has 246 valence electrons. The number of hydrogen-bond acceptors (Lipinski definition) is 8. The minimum absolute atomic E-state index is 0.0337. The molecule has 0 bridgehead atoms. The van der Waals surface area contributed by atoms with E-state index in [0.29, 0.717) is 22.9 Å². The number of anilines is 1. The predicted octanol–water partition coefficient (Wildman–Crippen LogP) is 3.56. The van der Waals surface area contributed by atoms with Crippen molar-refractivity contribution in [1.82, 2.24) is 30.4 Å². The van der Waals surface area contributed by atoms with Gasteiger partial charge in [0.2, 0.25) is 5.91 Å². The number of nitrogens with two attached hydrogens (primary N) is 2. The fourth-order valence-corrected chi connectivity index (χ4v) is 5.63. The fraction of sp³-hybridized carbons (Fsp3) is 0.375. The number of para-hydroxylation sites is 1. The van der Waals surface area contributed by atoms with E-state index in [1.165, 1.54) is 34.9 Å². The van der Waals surface area contributed by atoms with Crippen molar-refractivity contribution in [2.45, 2.75) is 44.9 Å². The van der Waals surface area contributed by atoms with Gasteiger partial charge in [0, 0.05) is 55.7 Å². The van der Waals surface area contributed by atoms with Crippen LogP contribution in [-0.2, 0) is 31.1 Å². The second-order valence-corrected chi connectivity index (χ2v) is 11.5. The number of rotatable bonds is 11. The Morgan fingerprint density at radius 2 is 1.93 bits per heavy atom. The first-order valence-electron chi connectivity index (χ1n) is 14.9. The van der Waals surface area contributed by atoms with Gasteiger partial charge in [-0.3, -0.25) is 15.4 Å². The number of aryl methyl sites for hydroxylation is 1. The molecule has 0 saturated heterocycles. The number of halogens is 3. The molecule has 1 fully saturated rings. The van der Waals surface area contributed by atoms with Crippen LogP contribution in [0.4, 0.5) is 18.9 Å². The molecule has 3 aromatic rings. The Hall–Kier alpha value is -4.69. The molecule has 14 heteroatoms. The lowest BCUT2D eigenvalue weighted by Crippen LogP contribution is -2.38. The number of fused-ring (bicyclic) bond motifs is 1. The maximum absolute atomic E-state index is 13.9. The maximum atomic E-state index is 13.9. The van der Waals surface area contributed by atoms with Crippen molar-refractivity contribution in [2.75, 3.05) is 24.5 Å². The number of nitrogens with one attached hydrogen (secondary N) is 2. The molecule has 6 N–H and O–H groups in total. The van der Waals surface area contributed by atoms with Gasteiger partial charge in [0.1, 0.15) is 12.2 Å². The molecule has 11 nitrogen and oxygen atoms in total. The Kier molecular flexibility index (Phi) is 11.2. The van der Waals surface area contributed by atoms with E-state index in [4.69, 9.17) is 11.6 Å². The average Bonchev–Trinajstić information content (AvgIpc) is 3.59. The second-order valence-electron chi connectivity index (χ2n) is 11.5. The molecule has 1 aliphatic carbocycles. The zero-order valence-electron chi connectivity index (χ0n) is 25.9. The van der Waals surface area contributed by atoms with Crippen molar-refractivity contribution >= 4 is 17.5 Å². The summed E-state index contributed by atoms with van der Waals surface area (Å²) in [4.78, 5) is 27.8. The van der Waals surface area contributed by atoms with Crippen molar-refractivity contribution in [2.24, 2.45) is 24.5 Å². The topological polar surface area (TPSA) is 147 Å². The number of carbonyl (C=O) groups is 2. The van der Waals surface area contributed by atoms with Gasteiger partial charge >= 0.3 is 6.18 Å². The molecule has 0 radical (unpaired) electrons. The van der Waals surface area contributed by atoms with E-state index < -0.39 is 17.6 Å². The largest absolute Gasteiger partial charge is 0.416 e. The van der Waals surface area contributed by atoms with E-state index in [1.807, 2.05) is 11.6 Å². The van der Waals surface area contributed by atoms with E-state index in [-0.39, 0.29) is 49.8 Å². The molecule has 0 spiro atoms. The van der Waals surface area contributed by atoms with Crippen molar-refractivity contribution in [1.29, 1.82) is 0 Å². The molecular weight excluding hydrogens is 599 g/mol. The van der Waals surface area contributed by atoms with Crippen LogP contribution < -0.4 is 27.2 Å². The van der Waals surface area contributed by atoms with Crippen LogP contribution in [0.1, 0.15) is 58.6 Å². The van der Waals surface area contributed by atoms with Gasteiger partial charge < -0.3 is 30.8 Å². The number of nitrogens with zero attached hydrogens (tertiary/aromatic N) is 5. The third-order valence-electron chi connectivity index (χ3n) is 7.98. The molecular formula is C32H40F3N9O2. The molecule has 0 atom stereocenters. The molecule has 1 aromatic heterocycles. The third kappa shape index (κ3) is 8.31. The van der Waals surface area contributed by atoms with Crippen LogP contribution in [0.2, 0.25) is 0 Å². The molecule has 1 saturated carbocycles. The first kappa shape index (κ1) is 34.2. The van der Waals surface area contributed by atoms with Gasteiger partial charge in [0.25, 0.3) is 5.91 Å². The van der Waals surface area contributed by atoms with Gasteiger partial charge in [-0.25, -0.2) is 0 Å². The molecule has 2 aliphatic rings. The first-order valence-corrected chi connectivity index (χ1v) is 14.9. The van der Waals surface area contributed by atoms with Crippen LogP contribution in [-0.4, -0.2) is 51.1 Å². The first-order chi connectivity index (χ1) is 21.9. The van der Waals surface area contributed by atoms with E-state index >= 15 is 0 Å². The van der Waals surface area contributed by atoms with Gasteiger partial charge in [-0.15, -0.1) is 10.2 Å². The van der Waals surface area contributed by atoms with E-state index in [2.05, 4.69) is 34.4 Å². The molecule has 2 heterocycles. The Morgan fingerprint density at radius 1 is 1.22 bits per heavy atom. The average molecular weight is 640 g/mol. The molecule has 46 heavy (non-hydrogen) atoms. The predicted molar refractivity (Wildman–Crippen MR) is 169 cm³/mol. The summed E-state index contributed by atoms with van der Waals surface area (Å²) >= 11 is 0. The van der Waals surface area contributed by atoms with Crippen molar-refractivity contribution in [3.63, 3.8) is 0 Å². The Morgan fingerprint density at radius 3 is 2.52 bits per heavy atom. The lowest BCUT2D eigenvalue weighted by atomic mass is 9.76. The van der Waals surface area contributed by atoms with Crippen LogP contribution in [0.15, 0.2) is 73.3 Å². The highest BCUT2D eigenvalue weighted by atomic mass is 19.4. The maximum Gasteiger partial charge on any atom is 0.416 e. The lowest BCUT2D eigenvalue weighted by Gasteiger charge is -2.31. The van der Waals surface area contributed by atoms with Gasteiger partial charge in [0.05, 0.1) is 18.7 Å². The van der Waals surface area contributed by atoms with Crippen LogP contribution >= 0.6 is 0 Å². The molecule has 0 unspecified atom stereocenters. The van der Waals surface area contributed by atoms with E-state index in [9.17, 15) is 22.8 Å². The highest BCUT2D eigenvalue weighted by Gasteiger charge is 2.40. The molecule has 2 amide bonds. The van der Waals surface area contributed by atoms with Crippen LogP contribution in [0.5, 0.6) is 0 Å². The second kappa shape index (κ2) is 15.1. The summed E-state index contributed by atoms with van der Waals surface area (Å²) < 4.78 is 43.6. The number of hydrogen-bond donors (Lipinski definition) is 4. The summed E-state index contributed by atoms with van der Waals surface area (Å²) in [6.07, 6.45) is 2.22. The van der Waals surface area contributed by atoms with Crippen LogP contribution in [0.25, 0.3) is 0 Å². The third-order valence-corrected chi connectivity index (χ3v) is 7.98. The molecule has 5 rings (SSSR count). The number of benzene rings is 2. The zero-order valence-corrected chi connectivity index (χ0v) is 25.9. The summed E-state index contributed by atoms with van der Waals surface area (Å²) in [7, 11) is 2.01. The van der Waals surface area contributed by atoms with Crippen molar-refractivity contribution < 1.29 is 22.8 Å². The Labute approximate surface area is 266 Å². The van der Waals surface area contributed by atoms with Gasteiger partial charge in [0.15, 0.2) is 0 Å². The highest BCUT2D eigenvalue weighted by Crippen LogP contribution is 2.40. The number of carbonyl (C=O) groups excluding carboxylic acids is 2. The Balaban J connectivity index is 0.000000363. The van der Waals surface area contributed by atoms with E-state index in [0.717, 1.165) is 23.9 Å². The van der Waals surface area contributed by atoms with E-state index in [1.54, 1.807) is 36.7 Å².